The smallest absolute Gasteiger partial charge is 0.196 e. The number of benzene rings is 2. The van der Waals surface area contributed by atoms with E-state index in [-0.39, 0.29) is 29.6 Å². The zero-order chi connectivity index (χ0) is 23.9. The predicted octanol–water partition coefficient (Wildman–Crippen LogP) is 4.65. The van der Waals surface area contributed by atoms with Crippen molar-refractivity contribution in [2.45, 2.75) is 12.6 Å². The third kappa shape index (κ3) is 4.14. The molecule has 0 bridgehead atoms. The molecule has 35 heavy (non-hydrogen) atoms. The number of ether oxygens (including phenoxy) is 2. The largest absolute Gasteiger partial charge is 0.457 e. The molecule has 4 aromatic rings. The maximum atomic E-state index is 13.5. The fourth-order valence-corrected chi connectivity index (χ4v) is 5.09. The molecule has 2 fully saturated rings. The number of H-pyrrole nitrogens is 1. The first kappa shape index (κ1) is 22.0. The Morgan fingerprint density at radius 3 is 2.80 bits per heavy atom. The highest BCUT2D eigenvalue weighted by Gasteiger charge is 2.51. The minimum Gasteiger partial charge on any atom is -0.457 e. The number of hydrogen-bond acceptors (Lipinski definition) is 7. The molecule has 2 aromatic carbocycles. The molecule has 0 radical (unpaired) electrons. The van der Waals surface area contributed by atoms with E-state index in [0.29, 0.717) is 57.9 Å². The number of anilines is 1. The van der Waals surface area contributed by atoms with Crippen LogP contribution in [0.5, 0.6) is 11.5 Å². The van der Waals surface area contributed by atoms with E-state index in [4.69, 9.17) is 21.1 Å². The van der Waals surface area contributed by atoms with E-state index < -0.39 is 0 Å². The lowest BCUT2D eigenvalue weighted by molar-refractivity contribution is -0.0234. The molecule has 6 rings (SSSR count). The van der Waals surface area contributed by atoms with Crippen molar-refractivity contribution in [2.75, 3.05) is 18.5 Å². The molecule has 4 atom stereocenters. The van der Waals surface area contributed by atoms with Gasteiger partial charge in [0.25, 0.3) is 0 Å². The number of para-hydroxylation sites is 1. The summed E-state index contributed by atoms with van der Waals surface area (Å²) in [5.74, 6) is 2.44. The van der Waals surface area contributed by atoms with Crippen molar-refractivity contribution in [1.29, 1.82) is 0 Å². The number of aromatic nitrogens is 3. The first-order chi connectivity index (χ1) is 17.1. The highest BCUT2D eigenvalue weighted by Crippen LogP contribution is 2.51. The number of rotatable bonds is 7. The van der Waals surface area contributed by atoms with Crippen LogP contribution in [0.2, 0.25) is 5.02 Å². The molecule has 3 N–H and O–H groups in total. The molecule has 8 nitrogen and oxygen atoms in total. The summed E-state index contributed by atoms with van der Waals surface area (Å²) in [7, 11) is 0. The summed E-state index contributed by atoms with van der Waals surface area (Å²) in [5.41, 5.74) is 1.31. The molecule has 3 heterocycles. The Kier molecular flexibility index (Phi) is 5.64. The second-order valence-corrected chi connectivity index (χ2v) is 9.35. The number of aromatic amines is 1. The second-order valence-electron chi connectivity index (χ2n) is 8.94. The van der Waals surface area contributed by atoms with Gasteiger partial charge in [-0.05, 0) is 36.6 Å². The SMILES string of the molecule is O=C(c1ccc(Oc2ccccc2)cc1Cl)c1c[nH]c2ncnc(N[C@H]3OC[C@H](CO)C4CC43)c12. The van der Waals surface area contributed by atoms with Gasteiger partial charge in [0.15, 0.2) is 5.78 Å². The van der Waals surface area contributed by atoms with E-state index in [1.165, 1.54) is 6.33 Å². The summed E-state index contributed by atoms with van der Waals surface area (Å²) in [5, 5.41) is 13.8. The number of hydrogen-bond donors (Lipinski definition) is 3. The van der Waals surface area contributed by atoms with E-state index in [9.17, 15) is 9.90 Å². The Bertz CT molecular complexity index is 1390. The molecule has 2 unspecified atom stereocenters. The lowest BCUT2D eigenvalue weighted by Crippen LogP contribution is -2.36. The van der Waals surface area contributed by atoms with Gasteiger partial charge in [-0.15, -0.1) is 0 Å². The highest BCUT2D eigenvalue weighted by atomic mass is 35.5. The number of aliphatic hydroxyl groups excluding tert-OH is 1. The van der Waals surface area contributed by atoms with Crippen LogP contribution in [0.4, 0.5) is 5.82 Å². The summed E-state index contributed by atoms with van der Waals surface area (Å²) in [6.07, 6.45) is 3.85. The van der Waals surface area contributed by atoms with Crippen LogP contribution in [0.25, 0.3) is 11.0 Å². The zero-order valence-electron chi connectivity index (χ0n) is 18.6. The lowest BCUT2D eigenvalue weighted by Gasteiger charge is -2.28. The van der Waals surface area contributed by atoms with Crippen LogP contribution in [0.3, 0.4) is 0 Å². The number of carbonyl (C=O) groups is 1. The maximum absolute atomic E-state index is 13.5. The monoisotopic (exact) mass is 490 g/mol. The van der Waals surface area contributed by atoms with Gasteiger partial charge in [0.05, 0.1) is 22.6 Å². The average molecular weight is 491 g/mol. The van der Waals surface area contributed by atoms with E-state index in [2.05, 4.69) is 20.3 Å². The van der Waals surface area contributed by atoms with Crippen LogP contribution in [-0.4, -0.2) is 45.3 Å². The van der Waals surface area contributed by atoms with Gasteiger partial charge in [-0.25, -0.2) is 9.97 Å². The molecular weight excluding hydrogens is 468 g/mol. The Balaban J connectivity index is 1.27. The summed E-state index contributed by atoms with van der Waals surface area (Å²) in [4.78, 5) is 25.3. The van der Waals surface area contributed by atoms with Crippen molar-refractivity contribution in [3.8, 4) is 11.5 Å². The number of ketones is 1. The van der Waals surface area contributed by atoms with Crippen LogP contribution >= 0.6 is 11.6 Å². The van der Waals surface area contributed by atoms with Crippen LogP contribution in [0.1, 0.15) is 22.3 Å². The molecule has 178 valence electrons. The third-order valence-electron chi connectivity index (χ3n) is 6.77. The Hall–Kier alpha value is -3.46. The van der Waals surface area contributed by atoms with Gasteiger partial charge in [-0.3, -0.25) is 4.79 Å². The Morgan fingerprint density at radius 1 is 1.14 bits per heavy atom. The van der Waals surface area contributed by atoms with Crippen LogP contribution in [-0.2, 0) is 4.74 Å². The van der Waals surface area contributed by atoms with Crippen LogP contribution < -0.4 is 10.1 Å². The second kappa shape index (κ2) is 8.96. The molecule has 2 aromatic heterocycles. The van der Waals surface area contributed by atoms with Gasteiger partial charge in [-0.1, -0.05) is 29.8 Å². The molecule has 1 aliphatic heterocycles. The molecular formula is C26H23ClN4O4. The summed E-state index contributed by atoms with van der Waals surface area (Å²) < 4.78 is 11.8. The maximum Gasteiger partial charge on any atom is 0.196 e. The normalized spacial score (nSPS) is 23.0. The minimum atomic E-state index is -0.250. The average Bonchev–Trinajstić information content (AvgIpc) is 3.56. The topological polar surface area (TPSA) is 109 Å². The van der Waals surface area contributed by atoms with Gasteiger partial charge in [-0.2, -0.15) is 0 Å². The summed E-state index contributed by atoms with van der Waals surface area (Å²) in [6.45, 7) is 0.632. The van der Waals surface area contributed by atoms with Crippen LogP contribution in [0.15, 0.2) is 61.1 Å². The minimum absolute atomic E-state index is 0.137. The lowest BCUT2D eigenvalue weighted by atomic mass is 10.0. The number of aliphatic hydroxyl groups is 1. The Morgan fingerprint density at radius 2 is 2.00 bits per heavy atom. The number of nitrogens with zero attached hydrogens (tertiary/aromatic N) is 2. The first-order valence-electron chi connectivity index (χ1n) is 11.5. The number of fused-ring (bicyclic) bond motifs is 2. The Labute approximate surface area is 206 Å². The third-order valence-corrected chi connectivity index (χ3v) is 7.08. The van der Waals surface area contributed by atoms with E-state index in [0.717, 1.165) is 6.42 Å². The van der Waals surface area contributed by atoms with Gasteiger partial charge < -0.3 is 24.9 Å². The van der Waals surface area contributed by atoms with Crippen molar-refractivity contribution in [1.82, 2.24) is 15.0 Å². The zero-order valence-corrected chi connectivity index (χ0v) is 19.4. The van der Waals surface area contributed by atoms with Gasteiger partial charge in [0, 0.05) is 36.3 Å². The van der Waals surface area contributed by atoms with Crippen molar-refractivity contribution in [3.63, 3.8) is 0 Å². The molecule has 9 heteroatoms. The van der Waals surface area contributed by atoms with Crippen molar-refractivity contribution in [3.05, 3.63) is 77.2 Å². The summed E-state index contributed by atoms with van der Waals surface area (Å²) in [6, 6.07) is 14.4. The first-order valence-corrected chi connectivity index (χ1v) is 11.9. The van der Waals surface area contributed by atoms with E-state index in [1.807, 2.05) is 30.3 Å². The molecule has 1 saturated heterocycles. The van der Waals surface area contributed by atoms with E-state index in [1.54, 1.807) is 24.4 Å². The summed E-state index contributed by atoms with van der Waals surface area (Å²) >= 11 is 6.51. The van der Waals surface area contributed by atoms with Crippen molar-refractivity contribution < 1.29 is 19.4 Å². The molecule has 1 aliphatic carbocycles. The van der Waals surface area contributed by atoms with E-state index >= 15 is 0 Å². The molecule has 1 saturated carbocycles. The quantitative estimate of drug-likeness (QED) is 0.323. The fraction of sp³-hybridized carbons (Fsp3) is 0.269. The highest BCUT2D eigenvalue weighted by molar-refractivity contribution is 6.35. The van der Waals surface area contributed by atoms with Crippen molar-refractivity contribution in [2.24, 2.45) is 17.8 Å². The number of carbonyl (C=O) groups excluding carboxylic acids is 1. The predicted molar refractivity (Wildman–Crippen MR) is 131 cm³/mol. The fourth-order valence-electron chi connectivity index (χ4n) is 4.84. The molecule has 0 amide bonds. The van der Waals surface area contributed by atoms with Crippen molar-refractivity contribution >= 4 is 34.2 Å². The van der Waals surface area contributed by atoms with Gasteiger partial charge in [0.2, 0.25) is 0 Å². The van der Waals surface area contributed by atoms with Crippen LogP contribution in [0, 0.1) is 17.8 Å². The molecule has 2 aliphatic rings. The van der Waals surface area contributed by atoms with Gasteiger partial charge in [0.1, 0.15) is 35.5 Å². The standard InChI is InChI=1S/C26H23ClN4O4/c27-21-8-16(35-15-4-2-1-3-5-15)6-7-17(21)23(33)20-10-28-24-22(20)25(30-13-29-24)31-26-19-9-18(19)14(11-32)12-34-26/h1-8,10,13-14,18-19,26,32H,9,11-12H2,(H2,28,29,30,31)/t14-,18?,19?,26-/m0/s1. The number of nitrogens with one attached hydrogen (secondary N) is 2. The van der Waals surface area contributed by atoms with Gasteiger partial charge >= 0.3 is 0 Å². The number of halogens is 1. The molecule has 0 spiro atoms.